The van der Waals surface area contributed by atoms with E-state index >= 15 is 0 Å². The number of hydrogen-bond donors (Lipinski definition) is 1. The van der Waals surface area contributed by atoms with E-state index in [-0.39, 0.29) is 12.3 Å². The molecular formula is C18H21NO2. The van der Waals surface area contributed by atoms with E-state index in [0.29, 0.717) is 13.2 Å². The molecule has 21 heavy (non-hydrogen) atoms. The van der Waals surface area contributed by atoms with Gasteiger partial charge in [-0.2, -0.15) is 0 Å². The highest BCUT2D eigenvalue weighted by Crippen LogP contribution is 2.21. The molecule has 1 fully saturated rings. The van der Waals surface area contributed by atoms with Gasteiger partial charge in [-0.1, -0.05) is 60.7 Å². The lowest BCUT2D eigenvalue weighted by Gasteiger charge is -2.31. The highest BCUT2D eigenvalue weighted by molar-refractivity contribution is 5.17. The topological polar surface area (TPSA) is 30.5 Å². The van der Waals surface area contributed by atoms with Crippen molar-refractivity contribution in [3.8, 4) is 0 Å². The highest BCUT2D eigenvalue weighted by Gasteiger charge is 2.22. The van der Waals surface area contributed by atoms with Crippen molar-refractivity contribution in [3.63, 3.8) is 0 Å². The van der Waals surface area contributed by atoms with Crippen molar-refractivity contribution in [2.45, 2.75) is 25.4 Å². The second-order valence-electron chi connectivity index (χ2n) is 5.29. The Kier molecular flexibility index (Phi) is 5.00. The van der Waals surface area contributed by atoms with Crippen LogP contribution in [0.4, 0.5) is 0 Å². The van der Waals surface area contributed by atoms with Gasteiger partial charge in [0.15, 0.2) is 0 Å². The Morgan fingerprint density at radius 1 is 1.00 bits per heavy atom. The molecule has 0 bridgehead atoms. The largest absolute Gasteiger partial charge is 0.374 e. The number of nitrogens with one attached hydrogen (secondary N) is 1. The van der Waals surface area contributed by atoms with E-state index in [4.69, 9.17) is 9.47 Å². The smallest absolute Gasteiger partial charge is 0.134 e. The first-order valence-corrected chi connectivity index (χ1v) is 7.47. The van der Waals surface area contributed by atoms with Crippen LogP contribution in [-0.4, -0.2) is 19.3 Å². The zero-order valence-corrected chi connectivity index (χ0v) is 12.1. The molecule has 3 rings (SSSR count). The second kappa shape index (κ2) is 7.36. The van der Waals surface area contributed by atoms with Gasteiger partial charge >= 0.3 is 0 Å². The van der Waals surface area contributed by atoms with Crippen LogP contribution in [0.1, 0.15) is 23.8 Å². The van der Waals surface area contributed by atoms with Crippen molar-refractivity contribution in [1.29, 1.82) is 0 Å². The van der Waals surface area contributed by atoms with Gasteiger partial charge in [-0.15, -0.1) is 0 Å². The van der Waals surface area contributed by atoms with Crippen LogP contribution in [-0.2, 0) is 16.1 Å². The molecule has 1 N–H and O–H groups in total. The number of hydrogen-bond acceptors (Lipinski definition) is 3. The van der Waals surface area contributed by atoms with E-state index < -0.39 is 0 Å². The molecule has 110 valence electrons. The molecule has 2 unspecified atom stereocenters. The van der Waals surface area contributed by atoms with E-state index in [0.717, 1.165) is 13.0 Å². The van der Waals surface area contributed by atoms with Gasteiger partial charge in [-0.25, -0.2) is 0 Å². The molecule has 2 atom stereocenters. The molecule has 0 saturated carbocycles. The normalized spacial score (nSPS) is 22.1. The van der Waals surface area contributed by atoms with Crippen LogP contribution in [0.5, 0.6) is 0 Å². The summed E-state index contributed by atoms with van der Waals surface area (Å²) >= 11 is 0. The Bertz CT molecular complexity index is 529. The summed E-state index contributed by atoms with van der Waals surface area (Å²) in [4.78, 5) is 0. The van der Waals surface area contributed by atoms with E-state index in [1.165, 1.54) is 11.1 Å². The molecule has 0 aromatic heterocycles. The molecule has 1 heterocycles. The fourth-order valence-electron chi connectivity index (χ4n) is 2.51. The van der Waals surface area contributed by atoms with Crippen LogP contribution in [0.3, 0.4) is 0 Å². The van der Waals surface area contributed by atoms with Gasteiger partial charge < -0.3 is 9.47 Å². The number of ether oxygens (including phenoxy) is 2. The van der Waals surface area contributed by atoms with Gasteiger partial charge in [0.1, 0.15) is 6.23 Å². The van der Waals surface area contributed by atoms with Crippen LogP contribution in [0.25, 0.3) is 0 Å². The maximum absolute atomic E-state index is 6.07. The summed E-state index contributed by atoms with van der Waals surface area (Å²) in [5, 5.41) is 3.40. The lowest BCUT2D eigenvalue weighted by molar-refractivity contribution is -0.0989. The van der Waals surface area contributed by atoms with E-state index in [2.05, 4.69) is 29.6 Å². The minimum Gasteiger partial charge on any atom is -0.374 e. The van der Waals surface area contributed by atoms with Gasteiger partial charge in [0.25, 0.3) is 0 Å². The Morgan fingerprint density at radius 2 is 1.71 bits per heavy atom. The Hall–Kier alpha value is -1.68. The first-order valence-electron chi connectivity index (χ1n) is 7.47. The van der Waals surface area contributed by atoms with Crippen LogP contribution < -0.4 is 5.32 Å². The summed E-state index contributed by atoms with van der Waals surface area (Å²) in [5.41, 5.74) is 2.37. The third kappa shape index (κ3) is 4.14. The average molecular weight is 283 g/mol. The SMILES string of the molecule is c1ccc(COCC2CCNC(c3ccccc3)O2)cc1. The summed E-state index contributed by atoms with van der Waals surface area (Å²) in [6.07, 6.45) is 1.11. The maximum atomic E-state index is 6.07. The minimum atomic E-state index is -0.0229. The minimum absolute atomic E-state index is 0.0229. The molecule has 1 saturated heterocycles. The molecule has 1 aliphatic heterocycles. The van der Waals surface area contributed by atoms with Gasteiger partial charge in [0.2, 0.25) is 0 Å². The molecule has 3 nitrogen and oxygen atoms in total. The Morgan fingerprint density at radius 3 is 2.48 bits per heavy atom. The zero-order valence-electron chi connectivity index (χ0n) is 12.1. The van der Waals surface area contributed by atoms with Gasteiger partial charge in [-0.05, 0) is 17.5 Å². The third-order valence-electron chi connectivity index (χ3n) is 3.64. The Balaban J connectivity index is 1.48. The van der Waals surface area contributed by atoms with Crippen LogP contribution in [0.2, 0.25) is 0 Å². The van der Waals surface area contributed by atoms with Crippen LogP contribution in [0.15, 0.2) is 60.7 Å². The van der Waals surface area contributed by atoms with Crippen molar-refractivity contribution < 1.29 is 9.47 Å². The monoisotopic (exact) mass is 283 g/mol. The van der Waals surface area contributed by atoms with E-state index in [9.17, 15) is 0 Å². The quantitative estimate of drug-likeness (QED) is 0.913. The fraction of sp³-hybridized carbons (Fsp3) is 0.333. The fourth-order valence-corrected chi connectivity index (χ4v) is 2.51. The summed E-state index contributed by atoms with van der Waals surface area (Å²) in [6, 6.07) is 20.5. The number of rotatable bonds is 5. The first kappa shape index (κ1) is 14.3. The lowest BCUT2D eigenvalue weighted by Crippen LogP contribution is -2.38. The van der Waals surface area contributed by atoms with Crippen molar-refractivity contribution in [2.75, 3.05) is 13.2 Å². The third-order valence-corrected chi connectivity index (χ3v) is 3.64. The summed E-state index contributed by atoms with van der Waals surface area (Å²) in [6.45, 7) is 2.24. The molecule has 0 amide bonds. The Labute approximate surface area is 125 Å². The van der Waals surface area contributed by atoms with Crippen molar-refractivity contribution in [1.82, 2.24) is 5.32 Å². The summed E-state index contributed by atoms with van der Waals surface area (Å²) in [5.74, 6) is 0. The zero-order chi connectivity index (χ0) is 14.3. The predicted molar refractivity (Wildman–Crippen MR) is 82.8 cm³/mol. The van der Waals surface area contributed by atoms with Crippen molar-refractivity contribution in [2.24, 2.45) is 0 Å². The predicted octanol–water partition coefficient (Wildman–Crippen LogP) is 3.28. The molecule has 0 spiro atoms. The lowest BCUT2D eigenvalue weighted by atomic mass is 10.1. The maximum Gasteiger partial charge on any atom is 0.134 e. The van der Waals surface area contributed by atoms with E-state index in [1.807, 2.05) is 36.4 Å². The molecule has 2 aromatic rings. The van der Waals surface area contributed by atoms with Crippen LogP contribution >= 0.6 is 0 Å². The van der Waals surface area contributed by atoms with Crippen molar-refractivity contribution in [3.05, 3.63) is 71.8 Å². The molecule has 3 heteroatoms. The van der Waals surface area contributed by atoms with Gasteiger partial charge in [-0.3, -0.25) is 5.32 Å². The average Bonchev–Trinajstić information content (AvgIpc) is 2.57. The first-order chi connectivity index (χ1) is 10.4. The molecule has 0 radical (unpaired) electrons. The van der Waals surface area contributed by atoms with Crippen molar-refractivity contribution >= 4 is 0 Å². The second-order valence-corrected chi connectivity index (χ2v) is 5.29. The molecular weight excluding hydrogens is 262 g/mol. The summed E-state index contributed by atoms with van der Waals surface area (Å²) in [7, 11) is 0. The molecule has 1 aliphatic rings. The standard InChI is InChI=1S/C18H21NO2/c1-3-7-15(8-4-1)13-20-14-17-11-12-19-18(21-17)16-9-5-2-6-10-16/h1-10,17-19H,11-14H2. The molecule has 2 aromatic carbocycles. The summed E-state index contributed by atoms with van der Waals surface area (Å²) < 4.78 is 11.9. The highest BCUT2D eigenvalue weighted by atomic mass is 16.5. The van der Waals surface area contributed by atoms with E-state index in [1.54, 1.807) is 0 Å². The van der Waals surface area contributed by atoms with Crippen LogP contribution in [0, 0.1) is 0 Å². The van der Waals surface area contributed by atoms with Gasteiger partial charge in [0, 0.05) is 6.54 Å². The molecule has 0 aliphatic carbocycles. The van der Waals surface area contributed by atoms with Gasteiger partial charge in [0.05, 0.1) is 19.3 Å². The number of benzene rings is 2.